The number of imide groups is 1. The number of thiocarbonyl (C=S) groups is 1. The van der Waals surface area contributed by atoms with Gasteiger partial charge in [0.05, 0.1) is 5.75 Å². The van der Waals surface area contributed by atoms with Crippen molar-refractivity contribution in [3.63, 3.8) is 0 Å². The van der Waals surface area contributed by atoms with Gasteiger partial charge in [-0.05, 0) is 12.1 Å². The van der Waals surface area contributed by atoms with Crippen LogP contribution in [0.4, 0.5) is 5.82 Å². The van der Waals surface area contributed by atoms with E-state index in [1.54, 1.807) is 24.4 Å². The van der Waals surface area contributed by atoms with Crippen LogP contribution in [0.15, 0.2) is 24.4 Å². The second kappa shape index (κ2) is 6.58. The number of hydrogen-bond donors (Lipinski definition) is 1. The zero-order valence-electron chi connectivity index (χ0n) is 10.4. The predicted octanol–water partition coefficient (Wildman–Crippen LogP) is 1.19. The fraction of sp³-hybridized carbons (Fsp3) is 0.250. The van der Waals surface area contributed by atoms with Crippen LogP contribution in [0.3, 0.4) is 0 Å². The van der Waals surface area contributed by atoms with Crippen LogP contribution in [0, 0.1) is 0 Å². The molecule has 20 heavy (non-hydrogen) atoms. The summed E-state index contributed by atoms with van der Waals surface area (Å²) >= 11 is 5.99. The first-order valence-electron chi connectivity index (χ1n) is 5.81. The Hall–Kier alpha value is -1.80. The van der Waals surface area contributed by atoms with Crippen LogP contribution in [0.25, 0.3) is 0 Å². The molecule has 1 aromatic rings. The molecule has 8 heteroatoms. The van der Waals surface area contributed by atoms with Crippen LogP contribution in [0.2, 0.25) is 0 Å². The van der Waals surface area contributed by atoms with Gasteiger partial charge >= 0.3 is 0 Å². The molecule has 1 fully saturated rings. The fourth-order valence-electron chi connectivity index (χ4n) is 1.59. The van der Waals surface area contributed by atoms with E-state index in [4.69, 9.17) is 12.2 Å². The van der Waals surface area contributed by atoms with Gasteiger partial charge in [-0.1, -0.05) is 30.0 Å². The van der Waals surface area contributed by atoms with E-state index < -0.39 is 0 Å². The van der Waals surface area contributed by atoms with Gasteiger partial charge in [0, 0.05) is 19.0 Å². The minimum atomic E-state index is -0.308. The summed E-state index contributed by atoms with van der Waals surface area (Å²) < 4.78 is 0.119. The van der Waals surface area contributed by atoms with E-state index in [9.17, 15) is 14.4 Å². The summed E-state index contributed by atoms with van der Waals surface area (Å²) in [6, 6.07) is 5.15. The smallest absolute Gasteiger partial charge is 0.235 e. The number of hydrogen-bond acceptors (Lipinski definition) is 6. The molecule has 0 bridgehead atoms. The van der Waals surface area contributed by atoms with Gasteiger partial charge in [0.25, 0.3) is 0 Å². The van der Waals surface area contributed by atoms with Crippen LogP contribution >= 0.6 is 24.0 Å². The van der Waals surface area contributed by atoms with Gasteiger partial charge in [-0.25, -0.2) is 9.88 Å². The number of aromatic nitrogens is 1. The van der Waals surface area contributed by atoms with Gasteiger partial charge in [-0.15, -0.1) is 0 Å². The number of nitrogens with zero attached hydrogens (tertiary/aromatic N) is 2. The van der Waals surface area contributed by atoms with Gasteiger partial charge in [-0.2, -0.15) is 0 Å². The van der Waals surface area contributed by atoms with Crippen molar-refractivity contribution in [1.29, 1.82) is 0 Å². The minimum Gasteiger partial charge on any atom is -0.310 e. The molecule has 1 aliphatic heterocycles. The molecular formula is C12H11N3O3S2. The van der Waals surface area contributed by atoms with Crippen LogP contribution in [0.5, 0.6) is 0 Å². The van der Waals surface area contributed by atoms with Crippen LogP contribution in [-0.2, 0) is 14.4 Å². The molecule has 1 saturated heterocycles. The average molecular weight is 309 g/mol. The van der Waals surface area contributed by atoms with Gasteiger partial charge in [0.2, 0.25) is 17.7 Å². The van der Waals surface area contributed by atoms with E-state index >= 15 is 0 Å². The van der Waals surface area contributed by atoms with Crippen LogP contribution < -0.4 is 5.32 Å². The third-order valence-corrected chi connectivity index (χ3v) is 3.87. The molecule has 0 unspecified atom stereocenters. The maximum atomic E-state index is 11.7. The molecule has 2 rings (SSSR count). The average Bonchev–Trinajstić information content (AvgIpc) is 2.77. The van der Waals surface area contributed by atoms with E-state index in [1.165, 1.54) is 0 Å². The highest BCUT2D eigenvalue weighted by Gasteiger charge is 2.32. The Morgan fingerprint density at radius 3 is 2.65 bits per heavy atom. The summed E-state index contributed by atoms with van der Waals surface area (Å²) in [6.45, 7) is 0. The number of rotatable bonds is 3. The second-order valence-electron chi connectivity index (χ2n) is 3.94. The molecule has 1 aromatic heterocycles. The number of thioether (sulfide) groups is 1. The molecule has 1 N–H and O–H groups in total. The van der Waals surface area contributed by atoms with Gasteiger partial charge < -0.3 is 5.32 Å². The standard InChI is InChI=1S/C12H11N3O3S2/c16-9(14-8-3-1-2-6-13-8)7-20-12(19)15-10(17)4-5-11(15)18/h1-3,6H,4-5,7H2,(H,13,14,16). The molecule has 1 aliphatic rings. The molecule has 0 aliphatic carbocycles. The van der Waals surface area contributed by atoms with Crippen molar-refractivity contribution in [2.75, 3.05) is 11.1 Å². The number of pyridine rings is 1. The van der Waals surface area contributed by atoms with Crippen molar-refractivity contribution < 1.29 is 14.4 Å². The molecule has 104 valence electrons. The molecule has 0 atom stereocenters. The van der Waals surface area contributed by atoms with Crippen molar-refractivity contribution in [1.82, 2.24) is 9.88 Å². The third-order valence-electron chi connectivity index (χ3n) is 2.49. The lowest BCUT2D eigenvalue weighted by Crippen LogP contribution is -2.33. The lowest BCUT2D eigenvalue weighted by atomic mass is 10.4. The third kappa shape index (κ3) is 3.61. The van der Waals surface area contributed by atoms with Crippen molar-refractivity contribution in [2.45, 2.75) is 12.8 Å². The Balaban J connectivity index is 1.83. The van der Waals surface area contributed by atoms with Crippen LogP contribution in [0.1, 0.15) is 12.8 Å². The number of carbonyl (C=O) groups excluding carboxylic acids is 3. The second-order valence-corrected chi connectivity index (χ2v) is 5.55. The summed E-state index contributed by atoms with van der Waals surface area (Å²) in [5.74, 6) is -0.449. The number of carbonyl (C=O) groups is 3. The zero-order valence-corrected chi connectivity index (χ0v) is 12.0. The molecule has 0 saturated carbocycles. The molecule has 2 heterocycles. The molecule has 0 radical (unpaired) electrons. The van der Waals surface area contributed by atoms with Gasteiger partial charge in [0.1, 0.15) is 10.1 Å². The number of likely N-dealkylation sites (tertiary alicyclic amines) is 1. The number of amides is 3. The number of nitrogens with one attached hydrogen (secondary N) is 1. The zero-order chi connectivity index (χ0) is 14.5. The first-order chi connectivity index (χ1) is 9.58. The lowest BCUT2D eigenvalue weighted by molar-refractivity contribution is -0.133. The van der Waals surface area contributed by atoms with E-state index in [0.29, 0.717) is 5.82 Å². The highest BCUT2D eigenvalue weighted by Crippen LogP contribution is 2.19. The van der Waals surface area contributed by atoms with E-state index in [0.717, 1.165) is 16.7 Å². The first kappa shape index (κ1) is 14.6. The van der Waals surface area contributed by atoms with Crippen molar-refractivity contribution >= 4 is 51.8 Å². The van der Waals surface area contributed by atoms with E-state index in [-0.39, 0.29) is 40.6 Å². The van der Waals surface area contributed by atoms with E-state index in [2.05, 4.69) is 10.3 Å². The first-order valence-corrected chi connectivity index (χ1v) is 7.21. The minimum absolute atomic E-state index is 0.0203. The summed E-state index contributed by atoms with van der Waals surface area (Å²) in [5, 5.41) is 2.59. The monoisotopic (exact) mass is 309 g/mol. The van der Waals surface area contributed by atoms with Crippen molar-refractivity contribution in [2.24, 2.45) is 0 Å². The summed E-state index contributed by atoms with van der Waals surface area (Å²) in [6.07, 6.45) is 1.92. The predicted molar refractivity (Wildman–Crippen MR) is 79.0 cm³/mol. The van der Waals surface area contributed by atoms with Crippen LogP contribution in [-0.4, -0.2) is 37.7 Å². The maximum Gasteiger partial charge on any atom is 0.235 e. The summed E-state index contributed by atoms with van der Waals surface area (Å²) in [7, 11) is 0. The van der Waals surface area contributed by atoms with Crippen molar-refractivity contribution in [3.8, 4) is 0 Å². The molecule has 0 aromatic carbocycles. The summed E-state index contributed by atoms with van der Waals surface area (Å²) in [4.78, 5) is 39.5. The van der Waals surface area contributed by atoms with Gasteiger partial charge in [-0.3, -0.25) is 14.4 Å². The quantitative estimate of drug-likeness (QED) is 0.667. The van der Waals surface area contributed by atoms with Crippen molar-refractivity contribution in [3.05, 3.63) is 24.4 Å². The Kier molecular flexibility index (Phi) is 4.80. The highest BCUT2D eigenvalue weighted by atomic mass is 32.2. The molecule has 0 spiro atoms. The fourth-order valence-corrected chi connectivity index (χ4v) is 2.63. The normalized spacial score (nSPS) is 14.5. The molecule has 6 nitrogen and oxygen atoms in total. The Labute approximate surface area is 124 Å². The molecule has 3 amide bonds. The Bertz CT molecular complexity index is 546. The van der Waals surface area contributed by atoms with E-state index in [1.807, 2.05) is 0 Å². The Morgan fingerprint density at radius 2 is 2.05 bits per heavy atom. The molecular weight excluding hydrogens is 298 g/mol. The number of anilines is 1. The topological polar surface area (TPSA) is 79.4 Å². The highest BCUT2D eigenvalue weighted by molar-refractivity contribution is 8.23. The summed E-state index contributed by atoms with van der Waals surface area (Å²) in [5.41, 5.74) is 0. The van der Waals surface area contributed by atoms with Gasteiger partial charge in [0.15, 0.2) is 0 Å². The SMILES string of the molecule is O=C(CSC(=S)N1C(=O)CCC1=O)Nc1ccccn1. The largest absolute Gasteiger partial charge is 0.310 e. The lowest BCUT2D eigenvalue weighted by Gasteiger charge is -2.13. The maximum absolute atomic E-state index is 11.7. The Morgan fingerprint density at radius 1 is 1.35 bits per heavy atom.